The fourth-order valence-electron chi connectivity index (χ4n) is 6.35. The van der Waals surface area contributed by atoms with Crippen LogP contribution in [0.2, 0.25) is 0 Å². The van der Waals surface area contributed by atoms with Crippen molar-refractivity contribution in [3.05, 3.63) is 0 Å². The number of carbonyl (C=O) groups is 3. The lowest BCUT2D eigenvalue weighted by Crippen LogP contribution is -2.30. The van der Waals surface area contributed by atoms with Gasteiger partial charge in [0, 0.05) is 19.3 Å². The predicted molar refractivity (Wildman–Crippen MR) is 210 cm³/mol. The Labute approximate surface area is 310 Å². The largest absolute Gasteiger partial charge is 0.462 e. The number of carbonyl (C=O) groups excluding carboxylic acids is 3. The number of hydrogen-bond donors (Lipinski definition) is 0. The number of rotatable bonds is 37. The Morgan fingerprint density at radius 3 is 0.860 bits per heavy atom. The van der Waals surface area contributed by atoms with E-state index in [4.69, 9.17) is 14.2 Å². The normalized spacial score (nSPS) is 12.2. The molecule has 1 atom stereocenters. The molecule has 50 heavy (non-hydrogen) atoms. The number of unbranched alkanes of at least 4 members (excludes halogenated alkanes) is 20. The highest BCUT2D eigenvalue weighted by atomic mass is 16.6. The zero-order chi connectivity index (χ0) is 37.1. The SMILES string of the molecule is CC(C)CCCCCCCCCCCC(=O)OC[C@@H](COC(=O)CCCCCCCCCC(C)C)OC(=O)CCCCCCCCCC(C)C. The maximum absolute atomic E-state index is 12.6. The summed E-state index contributed by atoms with van der Waals surface area (Å²) in [6.07, 6.45) is 31.1. The average molecular weight is 709 g/mol. The van der Waals surface area contributed by atoms with Crippen LogP contribution in [0, 0.1) is 17.8 Å². The van der Waals surface area contributed by atoms with Crippen molar-refractivity contribution >= 4 is 17.9 Å². The summed E-state index contributed by atoms with van der Waals surface area (Å²) >= 11 is 0. The molecule has 0 unspecified atom stereocenters. The first-order chi connectivity index (χ1) is 24.1. The van der Waals surface area contributed by atoms with E-state index in [9.17, 15) is 14.4 Å². The molecule has 0 aliphatic rings. The number of ether oxygens (including phenoxy) is 3. The van der Waals surface area contributed by atoms with Gasteiger partial charge in [0.25, 0.3) is 0 Å². The van der Waals surface area contributed by atoms with Crippen LogP contribution in [-0.4, -0.2) is 37.2 Å². The maximum Gasteiger partial charge on any atom is 0.306 e. The quantitative estimate of drug-likeness (QED) is 0.0363. The van der Waals surface area contributed by atoms with Gasteiger partial charge in [-0.2, -0.15) is 0 Å². The molecule has 0 radical (unpaired) electrons. The maximum atomic E-state index is 12.6. The molecule has 0 aliphatic carbocycles. The van der Waals surface area contributed by atoms with Crippen LogP contribution >= 0.6 is 0 Å². The standard InChI is InChI=1S/C44H84O6/c1-38(2)30-24-18-12-8-7-9-15-21-27-33-42(45)48-36-41(50-44(47)35-29-23-17-11-14-20-26-32-40(5)6)37-49-43(46)34-28-22-16-10-13-19-25-31-39(3)4/h38-41H,7-37H2,1-6H3/t41-/m0/s1. The average Bonchev–Trinajstić information content (AvgIpc) is 3.06. The minimum atomic E-state index is -0.761. The molecule has 0 heterocycles. The summed E-state index contributed by atoms with van der Waals surface area (Å²) < 4.78 is 16.7. The smallest absolute Gasteiger partial charge is 0.306 e. The molecule has 0 rings (SSSR count). The first-order valence-corrected chi connectivity index (χ1v) is 21.6. The summed E-state index contributed by atoms with van der Waals surface area (Å²) in [6.45, 7) is 13.5. The van der Waals surface area contributed by atoms with Gasteiger partial charge in [-0.15, -0.1) is 0 Å². The fraction of sp³-hybridized carbons (Fsp3) is 0.932. The minimum absolute atomic E-state index is 0.0676. The van der Waals surface area contributed by atoms with Crippen LogP contribution in [0.15, 0.2) is 0 Å². The van der Waals surface area contributed by atoms with E-state index >= 15 is 0 Å². The summed E-state index contributed by atoms with van der Waals surface area (Å²) in [4.78, 5) is 37.6. The second-order valence-corrected chi connectivity index (χ2v) is 16.4. The molecule has 0 spiro atoms. The van der Waals surface area contributed by atoms with Crippen molar-refractivity contribution in [2.45, 2.75) is 234 Å². The van der Waals surface area contributed by atoms with Gasteiger partial charge in [-0.25, -0.2) is 0 Å². The van der Waals surface area contributed by atoms with E-state index < -0.39 is 6.10 Å². The van der Waals surface area contributed by atoms with Crippen molar-refractivity contribution in [3.8, 4) is 0 Å². The molecule has 0 bridgehead atoms. The molecule has 0 saturated heterocycles. The Morgan fingerprint density at radius 2 is 0.580 bits per heavy atom. The highest BCUT2D eigenvalue weighted by Gasteiger charge is 2.19. The molecule has 0 N–H and O–H groups in total. The van der Waals surface area contributed by atoms with Crippen molar-refractivity contribution in [2.75, 3.05) is 13.2 Å². The van der Waals surface area contributed by atoms with Crippen LogP contribution < -0.4 is 0 Å². The van der Waals surface area contributed by atoms with E-state index in [-0.39, 0.29) is 31.1 Å². The van der Waals surface area contributed by atoms with Gasteiger partial charge < -0.3 is 14.2 Å². The lowest BCUT2D eigenvalue weighted by molar-refractivity contribution is -0.167. The molecule has 0 aliphatic heterocycles. The Kier molecular flexibility index (Phi) is 34.7. The van der Waals surface area contributed by atoms with Crippen molar-refractivity contribution in [3.63, 3.8) is 0 Å². The van der Waals surface area contributed by atoms with E-state index in [1.807, 2.05) is 0 Å². The second kappa shape index (κ2) is 35.8. The predicted octanol–water partition coefficient (Wildman–Crippen LogP) is 13.3. The van der Waals surface area contributed by atoms with Gasteiger partial charge in [0.15, 0.2) is 6.10 Å². The van der Waals surface area contributed by atoms with Crippen LogP contribution in [0.25, 0.3) is 0 Å². The van der Waals surface area contributed by atoms with Gasteiger partial charge >= 0.3 is 17.9 Å². The molecule has 0 fully saturated rings. The Bertz CT molecular complexity index is 776. The van der Waals surface area contributed by atoms with Gasteiger partial charge in [-0.05, 0) is 37.0 Å². The van der Waals surface area contributed by atoms with Gasteiger partial charge in [-0.1, -0.05) is 189 Å². The molecule has 6 heteroatoms. The number of hydrogen-bond acceptors (Lipinski definition) is 6. The van der Waals surface area contributed by atoms with E-state index in [2.05, 4.69) is 41.5 Å². The lowest BCUT2D eigenvalue weighted by atomic mass is 10.0. The Balaban J connectivity index is 4.35. The summed E-state index contributed by atoms with van der Waals surface area (Å²) in [5.74, 6) is 1.50. The highest BCUT2D eigenvalue weighted by molar-refractivity contribution is 5.71. The first kappa shape index (κ1) is 48.4. The molecule has 0 aromatic carbocycles. The van der Waals surface area contributed by atoms with Crippen LogP contribution in [-0.2, 0) is 28.6 Å². The summed E-state index contributed by atoms with van der Waals surface area (Å²) in [7, 11) is 0. The Hall–Kier alpha value is -1.59. The molecule has 0 aromatic heterocycles. The molecule has 0 amide bonds. The van der Waals surface area contributed by atoms with Gasteiger partial charge in [-0.3, -0.25) is 14.4 Å². The summed E-state index contributed by atoms with van der Waals surface area (Å²) in [5, 5.41) is 0. The highest BCUT2D eigenvalue weighted by Crippen LogP contribution is 2.16. The van der Waals surface area contributed by atoms with Gasteiger partial charge in [0.1, 0.15) is 13.2 Å². The summed E-state index contributed by atoms with van der Waals surface area (Å²) in [5.41, 5.74) is 0. The van der Waals surface area contributed by atoms with E-state index in [1.54, 1.807) is 0 Å². The second-order valence-electron chi connectivity index (χ2n) is 16.4. The number of esters is 3. The van der Waals surface area contributed by atoms with Crippen molar-refractivity contribution in [1.82, 2.24) is 0 Å². The molecule has 296 valence electrons. The summed E-state index contributed by atoms with van der Waals surface area (Å²) in [6, 6.07) is 0. The van der Waals surface area contributed by atoms with Gasteiger partial charge in [0.05, 0.1) is 0 Å². The molecular weight excluding hydrogens is 624 g/mol. The molecule has 0 aromatic rings. The van der Waals surface area contributed by atoms with Crippen molar-refractivity contribution < 1.29 is 28.6 Å². The monoisotopic (exact) mass is 709 g/mol. The third-order valence-electron chi connectivity index (χ3n) is 9.65. The third kappa shape index (κ3) is 37.7. The molecule has 0 saturated carbocycles. The van der Waals surface area contributed by atoms with Crippen molar-refractivity contribution in [1.29, 1.82) is 0 Å². The van der Waals surface area contributed by atoms with Crippen LogP contribution in [0.5, 0.6) is 0 Å². The zero-order valence-electron chi connectivity index (χ0n) is 34.2. The lowest BCUT2D eigenvalue weighted by Gasteiger charge is -2.18. The van der Waals surface area contributed by atoms with Crippen LogP contribution in [0.4, 0.5) is 0 Å². The fourth-order valence-corrected chi connectivity index (χ4v) is 6.35. The molecular formula is C44H84O6. The zero-order valence-corrected chi connectivity index (χ0v) is 34.2. The van der Waals surface area contributed by atoms with Crippen molar-refractivity contribution in [2.24, 2.45) is 17.8 Å². The molecule has 6 nitrogen and oxygen atoms in total. The van der Waals surface area contributed by atoms with Gasteiger partial charge in [0.2, 0.25) is 0 Å². The Morgan fingerprint density at radius 1 is 0.340 bits per heavy atom. The van der Waals surface area contributed by atoms with Crippen LogP contribution in [0.1, 0.15) is 228 Å². The minimum Gasteiger partial charge on any atom is -0.462 e. The van der Waals surface area contributed by atoms with E-state index in [0.29, 0.717) is 19.3 Å². The third-order valence-corrected chi connectivity index (χ3v) is 9.65. The first-order valence-electron chi connectivity index (χ1n) is 21.6. The van der Waals surface area contributed by atoms with E-state index in [0.717, 1.165) is 75.5 Å². The van der Waals surface area contributed by atoms with Crippen LogP contribution in [0.3, 0.4) is 0 Å². The van der Waals surface area contributed by atoms with E-state index in [1.165, 1.54) is 109 Å². The topological polar surface area (TPSA) is 78.9 Å².